The number of nitrogens with one attached hydrogen (secondary N) is 1. The van der Waals surface area contributed by atoms with Crippen molar-refractivity contribution in [2.24, 2.45) is 0 Å². The predicted octanol–water partition coefficient (Wildman–Crippen LogP) is 4.17. The van der Waals surface area contributed by atoms with E-state index in [2.05, 4.69) is 59.4 Å². The van der Waals surface area contributed by atoms with E-state index < -0.39 is 0 Å². The zero-order valence-electron chi connectivity index (χ0n) is 12.3. The lowest BCUT2D eigenvalue weighted by Gasteiger charge is -2.27. The van der Waals surface area contributed by atoms with E-state index in [9.17, 15) is 0 Å². The number of hydrogen-bond donors (Lipinski definition) is 1. The lowest BCUT2D eigenvalue weighted by atomic mass is 9.98. The summed E-state index contributed by atoms with van der Waals surface area (Å²) in [5, 5.41) is 3.63. The fraction of sp³-hybridized carbons (Fsp3) is 0.625. The summed E-state index contributed by atoms with van der Waals surface area (Å²) < 4.78 is 6.80. The van der Waals surface area contributed by atoms with Gasteiger partial charge < -0.3 is 10.1 Å². The molecule has 0 fully saturated rings. The van der Waals surface area contributed by atoms with Gasteiger partial charge in [-0.15, -0.1) is 0 Å². The number of hydrogen-bond acceptors (Lipinski definition) is 2. The quantitative estimate of drug-likeness (QED) is 0.734. The van der Waals surface area contributed by atoms with Gasteiger partial charge in [-0.2, -0.15) is 0 Å². The van der Waals surface area contributed by atoms with Crippen molar-refractivity contribution in [1.82, 2.24) is 5.32 Å². The summed E-state index contributed by atoms with van der Waals surface area (Å²) >= 11 is 3.48. The van der Waals surface area contributed by atoms with E-state index in [0.717, 1.165) is 36.7 Å². The Morgan fingerprint density at radius 3 is 2.37 bits per heavy atom. The second-order valence-corrected chi connectivity index (χ2v) is 5.87. The molecule has 2 nitrogen and oxygen atoms in total. The molecule has 0 bridgehead atoms. The summed E-state index contributed by atoms with van der Waals surface area (Å²) in [5.74, 6) is 0. The highest BCUT2D eigenvalue weighted by Gasteiger charge is 2.20. The first-order valence-electron chi connectivity index (χ1n) is 7.21. The largest absolute Gasteiger partial charge is 0.380 e. The van der Waals surface area contributed by atoms with Gasteiger partial charge in [-0.1, -0.05) is 48.3 Å². The summed E-state index contributed by atoms with van der Waals surface area (Å²) in [7, 11) is 1.82. The molecule has 0 radical (unpaired) electrons. The third kappa shape index (κ3) is 6.07. The van der Waals surface area contributed by atoms with Crippen molar-refractivity contribution in [3.63, 3.8) is 0 Å². The van der Waals surface area contributed by atoms with Gasteiger partial charge in [0.1, 0.15) is 0 Å². The zero-order chi connectivity index (χ0) is 14.1. The molecule has 0 amide bonds. The molecule has 108 valence electrons. The van der Waals surface area contributed by atoms with Gasteiger partial charge in [0, 0.05) is 17.6 Å². The van der Waals surface area contributed by atoms with Crippen LogP contribution in [0.4, 0.5) is 0 Å². The molecule has 2 atom stereocenters. The van der Waals surface area contributed by atoms with Crippen molar-refractivity contribution in [2.45, 2.75) is 51.7 Å². The van der Waals surface area contributed by atoms with E-state index in [1.165, 1.54) is 5.56 Å². The molecule has 0 saturated carbocycles. The summed E-state index contributed by atoms with van der Waals surface area (Å²) in [6.45, 7) is 5.46. The van der Waals surface area contributed by atoms with E-state index in [-0.39, 0.29) is 0 Å². The van der Waals surface area contributed by atoms with Gasteiger partial charge in [-0.3, -0.25) is 0 Å². The maximum atomic E-state index is 5.67. The van der Waals surface area contributed by atoms with Crippen molar-refractivity contribution in [3.8, 4) is 0 Å². The number of rotatable bonds is 9. The lowest BCUT2D eigenvalue weighted by molar-refractivity contribution is 0.0609. The van der Waals surface area contributed by atoms with Crippen molar-refractivity contribution in [3.05, 3.63) is 34.3 Å². The van der Waals surface area contributed by atoms with Crippen LogP contribution in [0.25, 0.3) is 0 Å². The van der Waals surface area contributed by atoms with Gasteiger partial charge in [0.05, 0.1) is 6.10 Å². The Kier molecular flexibility index (Phi) is 8.35. The van der Waals surface area contributed by atoms with Crippen molar-refractivity contribution >= 4 is 15.9 Å². The highest BCUT2D eigenvalue weighted by molar-refractivity contribution is 9.10. The molecular weight excluding hydrogens is 302 g/mol. The van der Waals surface area contributed by atoms with Crippen LogP contribution in [0.5, 0.6) is 0 Å². The van der Waals surface area contributed by atoms with E-state index in [0.29, 0.717) is 12.1 Å². The topological polar surface area (TPSA) is 21.3 Å². The molecule has 0 aliphatic carbocycles. The fourth-order valence-corrected chi connectivity index (χ4v) is 2.57. The molecule has 1 N–H and O–H groups in total. The molecule has 0 heterocycles. The molecule has 3 heteroatoms. The van der Waals surface area contributed by atoms with Crippen molar-refractivity contribution in [1.29, 1.82) is 0 Å². The van der Waals surface area contributed by atoms with Crippen LogP contribution in [-0.4, -0.2) is 25.8 Å². The van der Waals surface area contributed by atoms with Crippen LogP contribution in [-0.2, 0) is 11.2 Å². The van der Waals surface area contributed by atoms with Crippen LogP contribution >= 0.6 is 15.9 Å². The Balaban J connectivity index is 2.69. The average molecular weight is 328 g/mol. The summed E-state index contributed by atoms with van der Waals surface area (Å²) in [6.07, 6.45) is 4.73. The number of ether oxygens (including phenoxy) is 1. The van der Waals surface area contributed by atoms with Crippen molar-refractivity contribution in [2.75, 3.05) is 13.7 Å². The van der Waals surface area contributed by atoms with Gasteiger partial charge in [0.25, 0.3) is 0 Å². The van der Waals surface area contributed by atoms with Crippen molar-refractivity contribution < 1.29 is 4.74 Å². The predicted molar refractivity (Wildman–Crippen MR) is 85.6 cm³/mol. The molecule has 0 spiro atoms. The minimum atomic E-state index is 0.292. The molecule has 0 aromatic heterocycles. The van der Waals surface area contributed by atoms with Crippen LogP contribution in [0.2, 0.25) is 0 Å². The summed E-state index contributed by atoms with van der Waals surface area (Å²) in [4.78, 5) is 0. The molecule has 1 rings (SSSR count). The van der Waals surface area contributed by atoms with E-state index in [1.54, 1.807) is 0 Å². The van der Waals surface area contributed by atoms with Crippen LogP contribution in [0.3, 0.4) is 0 Å². The van der Waals surface area contributed by atoms with Crippen LogP contribution in [0, 0.1) is 0 Å². The van der Waals surface area contributed by atoms with E-state index in [4.69, 9.17) is 4.74 Å². The van der Waals surface area contributed by atoms with Gasteiger partial charge in [0.2, 0.25) is 0 Å². The lowest BCUT2D eigenvalue weighted by Crippen LogP contribution is -2.43. The third-order valence-corrected chi connectivity index (χ3v) is 3.88. The molecule has 0 aliphatic rings. The third-order valence-electron chi connectivity index (χ3n) is 3.35. The zero-order valence-corrected chi connectivity index (χ0v) is 13.9. The number of benzene rings is 1. The molecule has 2 unspecified atom stereocenters. The molecular formula is C16H26BrNO. The van der Waals surface area contributed by atoms with Crippen LogP contribution in [0.15, 0.2) is 28.7 Å². The first kappa shape index (κ1) is 16.7. The summed E-state index contributed by atoms with van der Waals surface area (Å²) in [5.41, 5.74) is 1.36. The van der Waals surface area contributed by atoms with E-state index in [1.807, 2.05) is 7.11 Å². The average Bonchev–Trinajstić information content (AvgIpc) is 2.43. The smallest absolute Gasteiger partial charge is 0.0727 e. The first-order chi connectivity index (χ1) is 9.21. The van der Waals surface area contributed by atoms with Crippen LogP contribution < -0.4 is 5.32 Å². The Hall–Kier alpha value is -0.380. The minimum Gasteiger partial charge on any atom is -0.380 e. The molecule has 1 aromatic rings. The molecule has 1 aromatic carbocycles. The molecule has 19 heavy (non-hydrogen) atoms. The number of halogens is 1. The van der Waals surface area contributed by atoms with E-state index >= 15 is 0 Å². The highest BCUT2D eigenvalue weighted by atomic mass is 79.9. The molecule has 0 saturated heterocycles. The first-order valence-corrected chi connectivity index (χ1v) is 8.01. The van der Waals surface area contributed by atoms with Gasteiger partial charge >= 0.3 is 0 Å². The monoisotopic (exact) mass is 327 g/mol. The summed E-state index contributed by atoms with van der Waals surface area (Å²) in [6, 6.07) is 8.97. The van der Waals surface area contributed by atoms with Gasteiger partial charge in [-0.05, 0) is 43.5 Å². The normalized spacial score (nSPS) is 14.3. The molecule has 0 aliphatic heterocycles. The second-order valence-electron chi connectivity index (χ2n) is 4.95. The van der Waals surface area contributed by atoms with Crippen LogP contribution in [0.1, 0.15) is 38.7 Å². The van der Waals surface area contributed by atoms with Gasteiger partial charge in [-0.25, -0.2) is 0 Å². The Morgan fingerprint density at radius 2 is 1.84 bits per heavy atom. The van der Waals surface area contributed by atoms with Gasteiger partial charge in [0.15, 0.2) is 0 Å². The standard InChI is InChI=1S/C16H26BrNO/c1-4-6-16(19-3)15(18-11-5-2)12-13-7-9-14(17)10-8-13/h7-10,15-16,18H,4-6,11-12H2,1-3H3. The maximum absolute atomic E-state index is 5.67. The maximum Gasteiger partial charge on any atom is 0.0727 e. The fourth-order valence-electron chi connectivity index (χ4n) is 2.31. The Morgan fingerprint density at radius 1 is 1.16 bits per heavy atom. The minimum absolute atomic E-state index is 0.292. The highest BCUT2D eigenvalue weighted by Crippen LogP contribution is 2.15. The number of methoxy groups -OCH3 is 1. The Bertz CT molecular complexity index is 339. The Labute approximate surface area is 126 Å². The second kappa shape index (κ2) is 9.51. The SMILES string of the molecule is CCCNC(Cc1ccc(Br)cc1)C(CCC)OC.